The average molecular weight is 403 g/mol. The Hall–Kier alpha value is -3.43. The fourth-order valence-corrected chi connectivity index (χ4v) is 3.35. The summed E-state index contributed by atoms with van der Waals surface area (Å²) in [6.07, 6.45) is 1.41. The van der Waals surface area contributed by atoms with Gasteiger partial charge in [-0.3, -0.25) is 9.59 Å². The van der Waals surface area contributed by atoms with Crippen LogP contribution < -0.4 is 16.5 Å². The van der Waals surface area contributed by atoms with E-state index >= 15 is 0 Å². The fraction of sp³-hybridized carbons (Fsp3) is 0.292. The van der Waals surface area contributed by atoms with Crippen LogP contribution in [0.3, 0.4) is 0 Å². The zero-order valence-corrected chi connectivity index (χ0v) is 17.0. The molecule has 0 radical (unpaired) electrons. The van der Waals surface area contributed by atoms with Gasteiger partial charge in [0, 0.05) is 30.9 Å². The van der Waals surface area contributed by atoms with Gasteiger partial charge in [-0.15, -0.1) is 0 Å². The van der Waals surface area contributed by atoms with Crippen LogP contribution in [0.5, 0.6) is 0 Å². The number of rotatable bonds is 8. The Morgan fingerprint density at radius 2 is 2.00 bits per heavy atom. The molecule has 0 saturated carbocycles. The van der Waals surface area contributed by atoms with Crippen LogP contribution in [0.25, 0.3) is 11.0 Å². The van der Waals surface area contributed by atoms with Crippen molar-refractivity contribution < 1.29 is 9.21 Å². The quantitative estimate of drug-likeness (QED) is 0.562. The summed E-state index contributed by atoms with van der Waals surface area (Å²) in [5.74, 6) is -0.00685. The second-order valence-corrected chi connectivity index (χ2v) is 7.36. The summed E-state index contributed by atoms with van der Waals surface area (Å²) >= 11 is 0. The van der Waals surface area contributed by atoms with E-state index in [1.165, 1.54) is 0 Å². The number of nitriles is 1. The van der Waals surface area contributed by atoms with E-state index in [0.717, 1.165) is 5.56 Å². The lowest BCUT2D eigenvalue weighted by atomic mass is 9.96. The van der Waals surface area contributed by atoms with E-state index in [2.05, 4.69) is 11.4 Å². The number of carbonyl (C=O) groups is 1. The van der Waals surface area contributed by atoms with Crippen molar-refractivity contribution in [1.29, 1.82) is 5.26 Å². The van der Waals surface area contributed by atoms with Crippen LogP contribution in [-0.4, -0.2) is 19.0 Å². The molecule has 3 aromatic rings. The van der Waals surface area contributed by atoms with E-state index in [1.54, 1.807) is 25.1 Å². The molecular weight excluding hydrogens is 378 g/mol. The summed E-state index contributed by atoms with van der Waals surface area (Å²) in [6, 6.07) is 16.5. The Labute approximate surface area is 175 Å². The van der Waals surface area contributed by atoms with E-state index in [-0.39, 0.29) is 17.3 Å². The molecule has 0 bridgehead atoms. The lowest BCUT2D eigenvalue weighted by molar-refractivity contribution is -0.124. The predicted molar refractivity (Wildman–Crippen MR) is 116 cm³/mol. The number of nitrogens with one attached hydrogen (secondary N) is 1. The van der Waals surface area contributed by atoms with Crippen molar-refractivity contribution in [2.75, 3.05) is 13.1 Å². The highest BCUT2D eigenvalue weighted by Gasteiger charge is 2.21. The van der Waals surface area contributed by atoms with Gasteiger partial charge >= 0.3 is 0 Å². The first kappa shape index (κ1) is 21.3. The molecule has 3 rings (SSSR count). The molecule has 0 fully saturated rings. The van der Waals surface area contributed by atoms with Crippen molar-refractivity contribution in [1.82, 2.24) is 5.32 Å². The van der Waals surface area contributed by atoms with Crippen molar-refractivity contribution in [3.05, 3.63) is 81.2 Å². The third kappa shape index (κ3) is 4.94. The van der Waals surface area contributed by atoms with Gasteiger partial charge in [-0.1, -0.05) is 37.3 Å². The highest BCUT2D eigenvalue weighted by molar-refractivity contribution is 5.80. The highest BCUT2D eigenvalue weighted by atomic mass is 16.3. The van der Waals surface area contributed by atoms with Crippen LogP contribution in [0.2, 0.25) is 0 Å². The molecule has 1 heterocycles. The summed E-state index contributed by atoms with van der Waals surface area (Å²) in [5.41, 5.74) is 7.65. The Morgan fingerprint density at radius 3 is 2.70 bits per heavy atom. The molecule has 154 valence electrons. The van der Waals surface area contributed by atoms with E-state index < -0.39 is 0 Å². The molecule has 1 unspecified atom stereocenters. The molecular formula is C24H25N3O3. The minimum Gasteiger partial charge on any atom is -0.460 e. The van der Waals surface area contributed by atoms with Crippen LogP contribution in [0, 0.1) is 17.2 Å². The van der Waals surface area contributed by atoms with Gasteiger partial charge in [0.05, 0.1) is 17.0 Å². The number of benzene rings is 2. The molecule has 1 amide bonds. The molecule has 0 aliphatic carbocycles. The Bertz CT molecular complexity index is 1130. The van der Waals surface area contributed by atoms with Gasteiger partial charge in [-0.05, 0) is 36.7 Å². The number of hydrogen-bond acceptors (Lipinski definition) is 5. The third-order valence-electron chi connectivity index (χ3n) is 5.04. The van der Waals surface area contributed by atoms with Gasteiger partial charge in [0.15, 0.2) is 5.43 Å². The van der Waals surface area contributed by atoms with Gasteiger partial charge in [-0.2, -0.15) is 5.26 Å². The SMILES string of the molecule is CC(Cc1oc2cc(C#N)ccc2c(=O)c1Cc1ccccc1)C(=O)NCCCN. The van der Waals surface area contributed by atoms with Crippen molar-refractivity contribution in [3.63, 3.8) is 0 Å². The normalized spacial score (nSPS) is 11.8. The molecule has 2 aromatic carbocycles. The third-order valence-corrected chi connectivity index (χ3v) is 5.04. The Morgan fingerprint density at radius 1 is 1.23 bits per heavy atom. The molecule has 0 aliphatic rings. The number of nitrogens with two attached hydrogens (primary N) is 1. The zero-order valence-electron chi connectivity index (χ0n) is 17.0. The molecule has 30 heavy (non-hydrogen) atoms. The number of nitrogens with zero attached hydrogens (tertiary/aromatic N) is 1. The minimum atomic E-state index is -0.378. The van der Waals surface area contributed by atoms with E-state index in [0.29, 0.717) is 60.2 Å². The van der Waals surface area contributed by atoms with E-state index in [4.69, 9.17) is 10.2 Å². The molecule has 6 heteroatoms. The van der Waals surface area contributed by atoms with E-state index in [9.17, 15) is 14.9 Å². The molecule has 1 aromatic heterocycles. The molecule has 6 nitrogen and oxygen atoms in total. The zero-order chi connectivity index (χ0) is 21.5. The lowest BCUT2D eigenvalue weighted by Gasteiger charge is -2.15. The molecule has 0 spiro atoms. The smallest absolute Gasteiger partial charge is 0.223 e. The van der Waals surface area contributed by atoms with Crippen molar-refractivity contribution in [2.24, 2.45) is 11.7 Å². The largest absolute Gasteiger partial charge is 0.460 e. The van der Waals surface area contributed by atoms with Gasteiger partial charge in [0.1, 0.15) is 11.3 Å². The van der Waals surface area contributed by atoms with Crippen LogP contribution in [0.1, 0.15) is 35.8 Å². The molecule has 3 N–H and O–H groups in total. The van der Waals surface area contributed by atoms with Crippen molar-refractivity contribution >= 4 is 16.9 Å². The minimum absolute atomic E-state index is 0.109. The maximum Gasteiger partial charge on any atom is 0.223 e. The predicted octanol–water partition coefficient (Wildman–Crippen LogP) is 2.90. The molecule has 0 saturated heterocycles. The lowest BCUT2D eigenvalue weighted by Crippen LogP contribution is -2.32. The van der Waals surface area contributed by atoms with Crippen LogP contribution in [0.15, 0.2) is 57.7 Å². The maximum atomic E-state index is 13.3. The first-order chi connectivity index (χ1) is 14.5. The first-order valence-corrected chi connectivity index (χ1v) is 10.0. The molecule has 1 atom stereocenters. The summed E-state index contributed by atoms with van der Waals surface area (Å²) < 4.78 is 6.08. The highest BCUT2D eigenvalue weighted by Crippen LogP contribution is 2.22. The monoisotopic (exact) mass is 403 g/mol. The van der Waals surface area contributed by atoms with Gasteiger partial charge in [0.25, 0.3) is 0 Å². The number of amides is 1. The number of hydrogen-bond donors (Lipinski definition) is 2. The second-order valence-electron chi connectivity index (χ2n) is 7.36. The summed E-state index contributed by atoms with van der Waals surface area (Å²) in [4.78, 5) is 25.7. The van der Waals surface area contributed by atoms with E-state index in [1.807, 2.05) is 30.3 Å². The second kappa shape index (κ2) is 9.86. The summed E-state index contributed by atoms with van der Waals surface area (Å²) in [6.45, 7) is 2.83. The summed E-state index contributed by atoms with van der Waals surface area (Å²) in [7, 11) is 0. The molecule has 0 aliphatic heterocycles. The van der Waals surface area contributed by atoms with Crippen LogP contribution in [-0.2, 0) is 17.6 Å². The maximum absolute atomic E-state index is 13.3. The Kier molecular flexibility index (Phi) is 6.99. The van der Waals surface area contributed by atoms with Crippen molar-refractivity contribution in [2.45, 2.75) is 26.2 Å². The van der Waals surface area contributed by atoms with Crippen LogP contribution in [0.4, 0.5) is 0 Å². The van der Waals surface area contributed by atoms with Gasteiger partial charge in [0.2, 0.25) is 5.91 Å². The standard InChI is InChI=1S/C24H25N3O3/c1-16(24(29)27-11-5-10-25)12-21-20(13-17-6-3-2-4-7-17)23(28)19-9-8-18(15-26)14-22(19)30-21/h2-4,6-9,14,16H,5,10-13,25H2,1H3,(H,27,29). The van der Waals surface area contributed by atoms with Crippen molar-refractivity contribution in [3.8, 4) is 6.07 Å². The summed E-state index contributed by atoms with van der Waals surface area (Å²) in [5, 5.41) is 12.5. The number of carbonyl (C=O) groups excluding carboxylic acids is 1. The topological polar surface area (TPSA) is 109 Å². The average Bonchev–Trinajstić information content (AvgIpc) is 2.76. The van der Waals surface area contributed by atoms with Gasteiger partial charge in [-0.25, -0.2) is 0 Å². The number of fused-ring (bicyclic) bond motifs is 1. The Balaban J connectivity index is 2.00. The first-order valence-electron chi connectivity index (χ1n) is 10.0. The fourth-order valence-electron chi connectivity index (χ4n) is 3.35. The van der Waals surface area contributed by atoms with Gasteiger partial charge < -0.3 is 15.5 Å². The van der Waals surface area contributed by atoms with Crippen LogP contribution >= 0.6 is 0 Å².